The van der Waals surface area contributed by atoms with E-state index < -0.39 is 0 Å². The van der Waals surface area contributed by atoms with E-state index in [2.05, 4.69) is 26.5 Å². The lowest BCUT2D eigenvalue weighted by molar-refractivity contribution is -0.114. The van der Waals surface area contributed by atoms with E-state index in [0.29, 0.717) is 0 Å². The Bertz CT molecular complexity index is 350. The molecule has 1 aliphatic rings. The summed E-state index contributed by atoms with van der Waals surface area (Å²) >= 11 is 0. The Labute approximate surface area is 105 Å². The van der Waals surface area contributed by atoms with Crippen molar-refractivity contribution < 1.29 is 9.53 Å². The Hall–Kier alpha value is -0.890. The molecule has 2 heteroatoms. The molecule has 0 fully saturated rings. The Kier molecular flexibility index (Phi) is 4.31. The van der Waals surface area contributed by atoms with Gasteiger partial charge in [0.2, 0.25) is 0 Å². The van der Waals surface area contributed by atoms with Crippen LogP contribution >= 0.6 is 0 Å². The molecule has 0 aromatic carbocycles. The monoisotopic (exact) mass is 236 g/mol. The van der Waals surface area contributed by atoms with Crippen LogP contribution in [0.1, 0.15) is 40.5 Å². The SMILES string of the molecule is C=C(C)C1C=C(C(C)=O)C(C)(C)CCC1OC. The summed E-state index contributed by atoms with van der Waals surface area (Å²) in [5, 5.41) is 0. The lowest BCUT2D eigenvalue weighted by Gasteiger charge is -2.25. The van der Waals surface area contributed by atoms with Crippen molar-refractivity contribution in [3.05, 3.63) is 23.8 Å². The molecule has 1 aliphatic carbocycles. The second-order valence-electron chi connectivity index (χ2n) is 5.71. The van der Waals surface area contributed by atoms with E-state index in [1.807, 2.05) is 6.92 Å². The van der Waals surface area contributed by atoms with Crippen LogP contribution in [0, 0.1) is 11.3 Å². The fraction of sp³-hybridized carbons (Fsp3) is 0.667. The second-order valence-corrected chi connectivity index (χ2v) is 5.71. The van der Waals surface area contributed by atoms with Crippen molar-refractivity contribution in [3.8, 4) is 0 Å². The molecule has 2 nitrogen and oxygen atoms in total. The Balaban J connectivity index is 3.20. The van der Waals surface area contributed by atoms with E-state index in [1.165, 1.54) is 0 Å². The van der Waals surface area contributed by atoms with E-state index in [-0.39, 0.29) is 23.2 Å². The largest absolute Gasteiger partial charge is 0.381 e. The van der Waals surface area contributed by atoms with Crippen molar-refractivity contribution in [2.24, 2.45) is 11.3 Å². The number of hydrogen-bond acceptors (Lipinski definition) is 2. The quantitative estimate of drug-likeness (QED) is 0.701. The molecule has 0 N–H and O–H groups in total. The minimum absolute atomic E-state index is 0.0627. The van der Waals surface area contributed by atoms with Crippen LogP contribution in [0.2, 0.25) is 0 Å². The summed E-state index contributed by atoms with van der Waals surface area (Å²) in [4.78, 5) is 11.8. The van der Waals surface area contributed by atoms with Crippen molar-refractivity contribution in [3.63, 3.8) is 0 Å². The first-order chi connectivity index (χ1) is 7.79. The van der Waals surface area contributed by atoms with Gasteiger partial charge in [-0.25, -0.2) is 0 Å². The van der Waals surface area contributed by atoms with Crippen LogP contribution in [0.3, 0.4) is 0 Å². The zero-order valence-electron chi connectivity index (χ0n) is 11.7. The summed E-state index contributed by atoms with van der Waals surface area (Å²) < 4.78 is 5.55. The number of allylic oxidation sites excluding steroid dienone is 1. The predicted octanol–water partition coefficient (Wildman–Crippen LogP) is 3.53. The maximum Gasteiger partial charge on any atom is 0.156 e. The van der Waals surface area contributed by atoms with Crippen molar-refractivity contribution >= 4 is 5.78 Å². The standard InChI is InChI=1S/C15H24O2/c1-10(2)12-9-13(11(3)16)15(4,5)8-7-14(12)17-6/h9,12,14H,1,7-8H2,2-6H3. The van der Waals surface area contributed by atoms with Crippen molar-refractivity contribution in [2.45, 2.75) is 46.6 Å². The van der Waals surface area contributed by atoms with Gasteiger partial charge in [0.1, 0.15) is 0 Å². The minimum atomic E-state index is -0.0627. The smallest absolute Gasteiger partial charge is 0.156 e. The van der Waals surface area contributed by atoms with Gasteiger partial charge in [-0.1, -0.05) is 32.1 Å². The van der Waals surface area contributed by atoms with Gasteiger partial charge in [0.25, 0.3) is 0 Å². The van der Waals surface area contributed by atoms with Crippen LogP contribution in [-0.4, -0.2) is 19.0 Å². The maximum atomic E-state index is 11.8. The number of rotatable bonds is 3. The summed E-state index contributed by atoms with van der Waals surface area (Å²) in [6.07, 6.45) is 4.16. The van der Waals surface area contributed by atoms with Crippen LogP contribution in [0.25, 0.3) is 0 Å². The predicted molar refractivity (Wildman–Crippen MR) is 70.9 cm³/mol. The Morgan fingerprint density at radius 2 is 2.06 bits per heavy atom. The molecule has 0 aliphatic heterocycles. The molecule has 0 saturated heterocycles. The van der Waals surface area contributed by atoms with E-state index in [0.717, 1.165) is 24.0 Å². The molecule has 0 aromatic rings. The average molecular weight is 236 g/mol. The van der Waals surface area contributed by atoms with Gasteiger partial charge in [0.05, 0.1) is 6.10 Å². The molecule has 2 atom stereocenters. The average Bonchev–Trinajstić information content (AvgIpc) is 2.33. The lowest BCUT2D eigenvalue weighted by Crippen LogP contribution is -2.21. The Morgan fingerprint density at radius 1 is 1.47 bits per heavy atom. The van der Waals surface area contributed by atoms with Gasteiger partial charge >= 0.3 is 0 Å². The summed E-state index contributed by atoms with van der Waals surface area (Å²) in [5.74, 6) is 0.318. The van der Waals surface area contributed by atoms with E-state index in [9.17, 15) is 4.79 Å². The highest BCUT2D eigenvalue weighted by molar-refractivity contribution is 5.94. The molecular weight excluding hydrogens is 212 g/mol. The van der Waals surface area contributed by atoms with Crippen molar-refractivity contribution in [1.29, 1.82) is 0 Å². The third-order valence-corrected chi connectivity index (χ3v) is 3.78. The van der Waals surface area contributed by atoms with Gasteiger partial charge in [0, 0.05) is 13.0 Å². The van der Waals surface area contributed by atoms with Gasteiger partial charge in [0.15, 0.2) is 5.78 Å². The van der Waals surface area contributed by atoms with Gasteiger partial charge in [-0.2, -0.15) is 0 Å². The minimum Gasteiger partial charge on any atom is -0.381 e. The van der Waals surface area contributed by atoms with Gasteiger partial charge in [-0.15, -0.1) is 0 Å². The van der Waals surface area contributed by atoms with Crippen molar-refractivity contribution in [2.75, 3.05) is 7.11 Å². The molecule has 1 rings (SSSR count). The molecule has 0 amide bonds. The first-order valence-electron chi connectivity index (χ1n) is 6.21. The molecule has 17 heavy (non-hydrogen) atoms. The van der Waals surface area contributed by atoms with Crippen molar-refractivity contribution in [1.82, 2.24) is 0 Å². The number of carbonyl (C=O) groups is 1. The molecule has 0 aromatic heterocycles. The van der Waals surface area contributed by atoms with Crippen LogP contribution in [-0.2, 0) is 9.53 Å². The topological polar surface area (TPSA) is 26.3 Å². The van der Waals surface area contributed by atoms with Crippen LogP contribution < -0.4 is 0 Å². The normalized spacial score (nSPS) is 28.2. The van der Waals surface area contributed by atoms with Crippen LogP contribution in [0.5, 0.6) is 0 Å². The summed E-state index contributed by atoms with van der Waals surface area (Å²) in [5.41, 5.74) is 1.92. The maximum absolute atomic E-state index is 11.8. The number of Topliss-reactive ketones (excluding diaryl/α,β-unsaturated/α-hetero) is 1. The van der Waals surface area contributed by atoms with Crippen LogP contribution in [0.4, 0.5) is 0 Å². The van der Waals surface area contributed by atoms with Gasteiger partial charge < -0.3 is 4.74 Å². The molecule has 0 radical (unpaired) electrons. The molecule has 0 saturated carbocycles. The number of methoxy groups -OCH3 is 1. The number of ketones is 1. The zero-order chi connectivity index (χ0) is 13.2. The lowest BCUT2D eigenvalue weighted by atomic mass is 9.79. The van der Waals surface area contributed by atoms with Gasteiger partial charge in [-0.05, 0) is 37.7 Å². The summed E-state index contributed by atoms with van der Waals surface area (Å²) in [6.45, 7) is 11.9. The molecule has 0 heterocycles. The summed E-state index contributed by atoms with van der Waals surface area (Å²) in [7, 11) is 1.74. The third-order valence-electron chi connectivity index (χ3n) is 3.78. The number of hydrogen-bond donors (Lipinski definition) is 0. The highest BCUT2D eigenvalue weighted by atomic mass is 16.5. The van der Waals surface area contributed by atoms with E-state index in [1.54, 1.807) is 14.0 Å². The molecule has 0 bridgehead atoms. The number of carbonyl (C=O) groups excluding carboxylic acids is 1. The fourth-order valence-corrected chi connectivity index (χ4v) is 2.65. The highest BCUT2D eigenvalue weighted by Gasteiger charge is 2.34. The van der Waals surface area contributed by atoms with E-state index in [4.69, 9.17) is 4.74 Å². The molecular formula is C15H24O2. The third kappa shape index (κ3) is 3.06. The zero-order valence-corrected chi connectivity index (χ0v) is 11.7. The summed E-state index contributed by atoms with van der Waals surface area (Å²) in [6, 6.07) is 0. The first kappa shape index (κ1) is 14.2. The van der Waals surface area contributed by atoms with E-state index >= 15 is 0 Å². The molecule has 96 valence electrons. The van der Waals surface area contributed by atoms with Crippen LogP contribution in [0.15, 0.2) is 23.8 Å². The molecule has 2 unspecified atom stereocenters. The molecule has 0 spiro atoms. The van der Waals surface area contributed by atoms with Gasteiger partial charge in [-0.3, -0.25) is 4.79 Å². The number of ether oxygens (including phenoxy) is 1. The first-order valence-corrected chi connectivity index (χ1v) is 6.21. The Morgan fingerprint density at radius 3 is 2.47 bits per heavy atom. The fourth-order valence-electron chi connectivity index (χ4n) is 2.65. The highest BCUT2D eigenvalue weighted by Crippen LogP contribution is 2.39. The second kappa shape index (κ2) is 5.18.